The van der Waals surface area contributed by atoms with Crippen molar-refractivity contribution in [2.75, 3.05) is 0 Å². The topological polar surface area (TPSA) is 0 Å². The summed E-state index contributed by atoms with van der Waals surface area (Å²) in [7, 11) is 0. The second-order valence-electron chi connectivity index (χ2n) is 0. The molecule has 0 rings (SSSR count). The van der Waals surface area contributed by atoms with E-state index in [9.17, 15) is 0 Å². The molecular weight excluding hydrogens is 305 g/mol. The van der Waals surface area contributed by atoms with E-state index in [1.54, 1.807) is 0 Å². The molecular formula is H5AtF5. The van der Waals surface area contributed by atoms with Gasteiger partial charge in [-0.25, -0.2) is 0 Å². The quantitative estimate of drug-likeness (QED) is 0.580. The molecule has 0 N–H and O–H groups in total. The van der Waals surface area contributed by atoms with Gasteiger partial charge in [0.2, 0.25) is 0 Å². The van der Waals surface area contributed by atoms with Crippen LogP contribution in [-0.4, -0.2) is 0 Å². The first-order valence-electron chi connectivity index (χ1n) is 0. The van der Waals surface area contributed by atoms with Crippen LogP contribution in [0.4, 0.5) is 23.5 Å². The second-order valence-corrected chi connectivity index (χ2v) is 0. The predicted octanol–water partition coefficient (Wildman–Crippen LogP) is 0.762. The molecule has 0 aliphatic rings. The van der Waals surface area contributed by atoms with Gasteiger partial charge in [-0.2, -0.15) is 0 Å². The molecule has 0 saturated heterocycles. The summed E-state index contributed by atoms with van der Waals surface area (Å²) in [6.45, 7) is 0. The molecule has 6 heavy (non-hydrogen) atoms. The van der Waals surface area contributed by atoms with Crippen LogP contribution in [0.25, 0.3) is 0 Å². The molecule has 0 aromatic rings. The van der Waals surface area contributed by atoms with E-state index in [1.165, 1.54) is 0 Å². The second kappa shape index (κ2) is 400. The number of hydrogen-bond donors (Lipinski definition) is 0. The average molecular weight is 310 g/mol. The van der Waals surface area contributed by atoms with Crippen molar-refractivity contribution >= 4 is 0 Å². The van der Waals surface area contributed by atoms with E-state index < -0.39 is 0 Å². The fourth-order valence-electron chi connectivity index (χ4n) is 0. The van der Waals surface area contributed by atoms with E-state index >= 15 is 0 Å². The van der Waals surface area contributed by atoms with Crippen molar-refractivity contribution in [3.63, 3.8) is 0 Å². The molecule has 0 unspecified atom stereocenters. The largest absolute Gasteiger partial charge is 0.269 e. The minimum Gasteiger partial charge on any atom is -0.269 e. The van der Waals surface area contributed by atoms with E-state index in [0.717, 1.165) is 0 Å². The summed E-state index contributed by atoms with van der Waals surface area (Å²) >= 11 is 0. The Labute approximate surface area is 50.3 Å². The summed E-state index contributed by atoms with van der Waals surface area (Å²) in [6, 6.07) is 0. The summed E-state index contributed by atoms with van der Waals surface area (Å²) in [6.07, 6.45) is 0. The van der Waals surface area contributed by atoms with E-state index in [1.807, 2.05) is 0 Å². The molecule has 0 nitrogen and oxygen atoms in total. The normalized spacial score (nSPS) is 0. The van der Waals surface area contributed by atoms with Crippen molar-refractivity contribution in [2.24, 2.45) is 0 Å². The van der Waals surface area contributed by atoms with Crippen LogP contribution >= 0.6 is 0 Å². The van der Waals surface area contributed by atoms with Gasteiger partial charge in [-0.3, -0.25) is 23.5 Å². The van der Waals surface area contributed by atoms with Crippen molar-refractivity contribution in [3.05, 3.63) is 0 Å². The molecule has 0 bridgehead atoms. The Balaban J connectivity index is 0. The third-order valence-corrected chi connectivity index (χ3v) is 0. The molecule has 0 heterocycles. The Morgan fingerprint density at radius 1 is 0.333 bits per heavy atom. The smallest absolute Gasteiger partial charge is 0 e. The van der Waals surface area contributed by atoms with Crippen molar-refractivity contribution < 1.29 is 49.7 Å². The zero-order valence-corrected chi connectivity index (χ0v) is 5.36. The molecule has 6 heteroatoms. The Kier molecular flexibility index (Phi) is 46900. The zero-order chi connectivity index (χ0) is 0. The Morgan fingerprint density at radius 2 is 0.333 bits per heavy atom. The molecule has 0 amide bonds. The molecule has 1 radical (unpaired) electrons. The van der Waals surface area contributed by atoms with Gasteiger partial charge in [0.15, 0.2) is 0 Å². The van der Waals surface area contributed by atoms with Crippen molar-refractivity contribution in [2.45, 2.75) is 0 Å². The van der Waals surface area contributed by atoms with Crippen LogP contribution < -0.4 is 0 Å². The maximum Gasteiger partial charge on any atom is 0 e. The maximum absolute atomic E-state index is 0. The third kappa shape index (κ3) is 199. The first kappa shape index (κ1) is 704. The number of rotatable bonds is 0. The van der Waals surface area contributed by atoms with Crippen LogP contribution in [0.15, 0.2) is 0 Å². The molecule has 0 aliphatic carbocycles. The van der Waals surface area contributed by atoms with Crippen molar-refractivity contribution in [1.82, 2.24) is 0 Å². The Morgan fingerprint density at radius 3 is 0.333 bits per heavy atom. The van der Waals surface area contributed by atoms with Gasteiger partial charge in [0, 0.05) is 26.2 Å². The van der Waals surface area contributed by atoms with Crippen LogP contribution in [-0.2, 0) is 0 Å². The molecule has 0 aromatic carbocycles. The molecule has 0 spiro atoms. The van der Waals surface area contributed by atoms with Gasteiger partial charge in [0.25, 0.3) is 0 Å². The third-order valence-electron chi connectivity index (χ3n) is 0. The zero-order valence-electron chi connectivity index (χ0n) is 2.42. The summed E-state index contributed by atoms with van der Waals surface area (Å²) in [5, 5.41) is 0. The van der Waals surface area contributed by atoms with Gasteiger partial charge in [0.05, 0.1) is 0 Å². The van der Waals surface area contributed by atoms with Gasteiger partial charge in [0.1, 0.15) is 0 Å². The summed E-state index contributed by atoms with van der Waals surface area (Å²) in [5.74, 6) is 0. The molecule has 0 fully saturated rings. The number of halogens is 5. The van der Waals surface area contributed by atoms with Crippen molar-refractivity contribution in [3.8, 4) is 0 Å². The first-order valence-corrected chi connectivity index (χ1v) is 0. The SMILES string of the molecule is F.F.F.F.F.[At]. The van der Waals surface area contributed by atoms with E-state index in [-0.39, 0.29) is 49.7 Å². The predicted molar refractivity (Wildman–Crippen MR) is 12.5 cm³/mol. The van der Waals surface area contributed by atoms with Gasteiger partial charge < -0.3 is 0 Å². The van der Waals surface area contributed by atoms with Crippen LogP contribution in [0.3, 0.4) is 0 Å². The van der Waals surface area contributed by atoms with Gasteiger partial charge in [-0.1, -0.05) is 0 Å². The Bertz CT molecular complexity index is 3.90. The van der Waals surface area contributed by atoms with Crippen molar-refractivity contribution in [1.29, 1.82) is 0 Å². The molecule has 0 aliphatic heterocycles. The molecule has 0 saturated carbocycles. The monoisotopic (exact) mass is 310 g/mol. The fraction of sp³-hybridized carbons (Fsp3) is 0. The molecule has 47 valence electrons. The van der Waals surface area contributed by atoms with E-state index in [0.29, 0.717) is 0 Å². The average Bonchev–Trinajstić information content (AvgIpc) is 0. The van der Waals surface area contributed by atoms with Gasteiger partial charge in [-0.15, -0.1) is 0 Å². The standard InChI is InChI=1S/At.5FH/h;5*1H. The van der Waals surface area contributed by atoms with Crippen LogP contribution in [0.2, 0.25) is 0 Å². The summed E-state index contributed by atoms with van der Waals surface area (Å²) in [4.78, 5) is 0. The van der Waals surface area contributed by atoms with Crippen LogP contribution in [0, 0.1) is 26.2 Å². The van der Waals surface area contributed by atoms with E-state index in [2.05, 4.69) is 0 Å². The molecule has 0 atom stereocenters. The maximum atomic E-state index is 0. The minimum atomic E-state index is 0. The van der Waals surface area contributed by atoms with E-state index in [4.69, 9.17) is 0 Å². The van der Waals surface area contributed by atoms with Crippen LogP contribution in [0.1, 0.15) is 0 Å². The Hall–Kier alpha value is 0.533. The van der Waals surface area contributed by atoms with Crippen LogP contribution in [0.5, 0.6) is 0 Å². The number of hydrogen-bond acceptors (Lipinski definition) is 0. The summed E-state index contributed by atoms with van der Waals surface area (Å²) < 4.78 is 0. The molecule has 0 aromatic heterocycles. The first-order chi connectivity index (χ1) is 0. The summed E-state index contributed by atoms with van der Waals surface area (Å²) in [5.41, 5.74) is 0. The van der Waals surface area contributed by atoms with Gasteiger partial charge >= 0.3 is 0 Å². The minimum absolute atomic E-state index is 0. The fourth-order valence-corrected chi connectivity index (χ4v) is 0. The van der Waals surface area contributed by atoms with Gasteiger partial charge in [-0.05, 0) is 0 Å².